The summed E-state index contributed by atoms with van der Waals surface area (Å²) in [7, 11) is 0. The summed E-state index contributed by atoms with van der Waals surface area (Å²) in [6.07, 6.45) is 7.64. The summed E-state index contributed by atoms with van der Waals surface area (Å²) in [6, 6.07) is 5.51. The first kappa shape index (κ1) is 31.2. The number of amides is 1. The molecule has 1 saturated carbocycles. The Morgan fingerprint density at radius 2 is 1.93 bits per heavy atom. The molecule has 1 aromatic carbocycles. The van der Waals surface area contributed by atoms with E-state index in [4.69, 9.17) is 16.6 Å². The van der Waals surface area contributed by atoms with Gasteiger partial charge in [-0.3, -0.25) is 19.3 Å². The zero-order valence-electron chi connectivity index (χ0n) is 23.6. The van der Waals surface area contributed by atoms with Crippen LogP contribution in [0, 0.1) is 11.8 Å². The van der Waals surface area contributed by atoms with Gasteiger partial charge in [0.1, 0.15) is 5.78 Å². The first-order valence-corrected chi connectivity index (χ1v) is 17.1. The predicted octanol–water partition coefficient (Wildman–Crippen LogP) is 6.50. The third-order valence-corrected chi connectivity index (χ3v) is 10.4. The summed E-state index contributed by atoms with van der Waals surface area (Å²) in [5, 5.41) is 4.81. The summed E-state index contributed by atoms with van der Waals surface area (Å²) >= 11 is 9.64. The fraction of sp³-hybridized carbons (Fsp3) is 0.613. The quantitative estimate of drug-likeness (QED) is 0.248. The zero-order chi connectivity index (χ0) is 28.5. The second-order valence-corrected chi connectivity index (χ2v) is 14.0. The number of hydrogen-bond donors (Lipinski definition) is 1. The molecule has 40 heavy (non-hydrogen) atoms. The highest BCUT2D eigenvalue weighted by molar-refractivity contribution is 7.99. The molecule has 1 amide bonds. The molecule has 2 aromatic rings. The van der Waals surface area contributed by atoms with E-state index in [0.29, 0.717) is 48.7 Å². The largest absolute Gasteiger partial charge is 0.353 e. The number of ketones is 2. The molecule has 2 atom stereocenters. The van der Waals surface area contributed by atoms with Crippen LogP contribution in [0.25, 0.3) is 10.2 Å². The number of nitrogens with one attached hydrogen (secondary N) is 1. The van der Waals surface area contributed by atoms with Crippen molar-refractivity contribution in [3.8, 4) is 0 Å². The second kappa shape index (κ2) is 15.5. The Morgan fingerprint density at radius 1 is 1.18 bits per heavy atom. The maximum atomic E-state index is 13.7. The van der Waals surface area contributed by atoms with Crippen molar-refractivity contribution in [1.29, 1.82) is 0 Å². The highest BCUT2D eigenvalue weighted by Gasteiger charge is 2.30. The number of hydrogen-bond acceptors (Lipinski definition) is 7. The van der Waals surface area contributed by atoms with Crippen LogP contribution in [0.2, 0.25) is 5.02 Å². The number of carbonyl (C=O) groups excluding carboxylic acids is 3. The Morgan fingerprint density at radius 3 is 2.65 bits per heavy atom. The highest BCUT2D eigenvalue weighted by Crippen LogP contribution is 2.31. The Hall–Kier alpha value is -1.74. The molecule has 0 unspecified atom stereocenters. The van der Waals surface area contributed by atoms with Crippen LogP contribution in [0.5, 0.6) is 0 Å². The number of benzene rings is 1. The van der Waals surface area contributed by atoms with Gasteiger partial charge in [0.2, 0.25) is 5.91 Å². The van der Waals surface area contributed by atoms with Crippen LogP contribution >= 0.6 is 34.7 Å². The lowest BCUT2D eigenvalue weighted by atomic mass is 9.81. The minimum absolute atomic E-state index is 0.0705. The van der Waals surface area contributed by atoms with Gasteiger partial charge in [-0.15, -0.1) is 11.3 Å². The molecule has 218 valence electrons. The van der Waals surface area contributed by atoms with Crippen LogP contribution in [0.4, 0.5) is 0 Å². The maximum absolute atomic E-state index is 13.7. The number of nitrogens with zero attached hydrogens (tertiary/aromatic N) is 2. The second-order valence-electron chi connectivity index (χ2n) is 11.2. The molecule has 0 radical (unpaired) electrons. The van der Waals surface area contributed by atoms with Crippen LogP contribution in [0.1, 0.15) is 69.7 Å². The molecule has 2 fully saturated rings. The highest BCUT2D eigenvalue weighted by atomic mass is 35.5. The number of carbonyl (C=O) groups is 3. The monoisotopic (exact) mass is 603 g/mol. The van der Waals surface area contributed by atoms with Gasteiger partial charge in [-0.1, -0.05) is 44.4 Å². The minimum atomic E-state index is -0.489. The number of thiazole rings is 1. The fourth-order valence-corrected chi connectivity index (χ4v) is 8.07. The molecular weight excluding hydrogens is 562 g/mol. The summed E-state index contributed by atoms with van der Waals surface area (Å²) < 4.78 is 0.977. The molecule has 1 saturated heterocycles. The van der Waals surface area contributed by atoms with Gasteiger partial charge in [0, 0.05) is 73.5 Å². The number of aromatic nitrogens is 1. The Balaban J connectivity index is 1.42. The first-order valence-electron chi connectivity index (χ1n) is 14.7. The molecule has 1 aliphatic carbocycles. The van der Waals surface area contributed by atoms with Gasteiger partial charge >= 0.3 is 0 Å². The first-order chi connectivity index (χ1) is 19.3. The van der Waals surface area contributed by atoms with E-state index in [1.807, 2.05) is 36.9 Å². The van der Waals surface area contributed by atoms with Gasteiger partial charge in [0.25, 0.3) is 0 Å². The normalized spacial score (nSPS) is 18.4. The lowest BCUT2D eigenvalue weighted by Crippen LogP contribution is -2.45. The van der Waals surface area contributed by atoms with Crippen LogP contribution in [0.15, 0.2) is 30.4 Å². The van der Waals surface area contributed by atoms with Gasteiger partial charge in [-0.25, -0.2) is 4.98 Å². The van der Waals surface area contributed by atoms with E-state index in [0.717, 1.165) is 65.5 Å². The lowest BCUT2D eigenvalue weighted by Gasteiger charge is -2.32. The molecule has 4 rings (SSSR count). The van der Waals surface area contributed by atoms with Crippen LogP contribution in [-0.4, -0.2) is 64.5 Å². The number of Topliss-reactive ketones (excluding diaryl/α,β-unsaturated/α-hetero) is 2. The molecule has 2 aliphatic rings. The van der Waals surface area contributed by atoms with Crippen LogP contribution in [0.3, 0.4) is 0 Å². The summed E-state index contributed by atoms with van der Waals surface area (Å²) in [6.45, 7) is 8.57. The Kier molecular flexibility index (Phi) is 12.1. The Bertz CT molecular complexity index is 1190. The van der Waals surface area contributed by atoms with E-state index < -0.39 is 5.92 Å². The van der Waals surface area contributed by atoms with Gasteiger partial charge < -0.3 is 5.32 Å². The van der Waals surface area contributed by atoms with Crippen molar-refractivity contribution < 1.29 is 14.4 Å². The molecule has 0 bridgehead atoms. The van der Waals surface area contributed by atoms with E-state index in [1.165, 1.54) is 17.8 Å². The van der Waals surface area contributed by atoms with Crippen molar-refractivity contribution in [3.05, 3.63) is 40.4 Å². The average Bonchev–Trinajstić information content (AvgIpc) is 3.36. The summed E-state index contributed by atoms with van der Waals surface area (Å²) in [4.78, 5) is 46.3. The molecule has 1 aliphatic heterocycles. The van der Waals surface area contributed by atoms with E-state index in [-0.39, 0.29) is 29.9 Å². The van der Waals surface area contributed by atoms with E-state index in [9.17, 15) is 14.4 Å². The lowest BCUT2D eigenvalue weighted by molar-refractivity contribution is -0.130. The van der Waals surface area contributed by atoms with Crippen molar-refractivity contribution in [3.63, 3.8) is 0 Å². The van der Waals surface area contributed by atoms with Gasteiger partial charge in [0.05, 0.1) is 21.1 Å². The van der Waals surface area contributed by atoms with Gasteiger partial charge in [-0.2, -0.15) is 11.8 Å². The van der Waals surface area contributed by atoms with Crippen LogP contribution in [-0.2, 0) is 20.8 Å². The number of fused-ring (bicyclic) bond motifs is 1. The molecule has 1 aromatic heterocycles. The van der Waals surface area contributed by atoms with Crippen molar-refractivity contribution in [2.45, 2.75) is 77.2 Å². The third kappa shape index (κ3) is 9.13. The summed E-state index contributed by atoms with van der Waals surface area (Å²) in [5.41, 5.74) is 1.52. The minimum Gasteiger partial charge on any atom is -0.353 e. The number of rotatable bonds is 14. The Labute approximate surface area is 251 Å². The van der Waals surface area contributed by atoms with E-state index in [2.05, 4.69) is 16.8 Å². The topological polar surface area (TPSA) is 79.4 Å². The van der Waals surface area contributed by atoms with Crippen molar-refractivity contribution >= 4 is 62.4 Å². The number of thioether (sulfide) groups is 1. The van der Waals surface area contributed by atoms with Crippen molar-refractivity contribution in [1.82, 2.24) is 15.2 Å². The van der Waals surface area contributed by atoms with E-state index in [1.54, 1.807) is 0 Å². The van der Waals surface area contributed by atoms with Crippen LogP contribution < -0.4 is 5.32 Å². The molecule has 0 spiro atoms. The average molecular weight is 604 g/mol. The predicted molar refractivity (Wildman–Crippen MR) is 167 cm³/mol. The standard InChI is InChI=1S/C31H42ClN3O3S2/c1-3-25(36)17-23(18-30-33-27-10-9-24(32)19-29(27)40-30)31(38)34-26(22-7-5-4-6-8-22)11-12-28(37)21(2)20-35-13-15-39-16-14-35/h9-10,19,22-23,26H,2-8,11-18,20H2,1H3,(H,34,38)/t23-,26+/m0/s1. The maximum Gasteiger partial charge on any atom is 0.224 e. The third-order valence-electron chi connectivity index (χ3n) is 8.20. The zero-order valence-corrected chi connectivity index (χ0v) is 26.0. The van der Waals surface area contributed by atoms with Gasteiger partial charge in [-0.05, 0) is 43.4 Å². The fourth-order valence-electron chi connectivity index (χ4n) is 5.76. The number of halogens is 1. The molecule has 2 heterocycles. The van der Waals surface area contributed by atoms with Gasteiger partial charge in [0.15, 0.2) is 5.78 Å². The molecule has 1 N–H and O–H groups in total. The SMILES string of the molecule is C=C(CN1CCSCC1)C(=O)CC[C@@H](NC(=O)[C@@H](CC(=O)CC)Cc1nc2ccc(Cl)cc2s1)C1CCCCC1. The molecule has 6 nitrogen and oxygen atoms in total. The summed E-state index contributed by atoms with van der Waals surface area (Å²) in [5.74, 6) is 2.13. The van der Waals surface area contributed by atoms with Crippen molar-refractivity contribution in [2.24, 2.45) is 11.8 Å². The smallest absolute Gasteiger partial charge is 0.224 e. The van der Waals surface area contributed by atoms with E-state index >= 15 is 0 Å². The molecule has 9 heteroatoms. The molecular formula is C31H42ClN3O3S2. The van der Waals surface area contributed by atoms with Crippen molar-refractivity contribution in [2.75, 3.05) is 31.1 Å².